The second kappa shape index (κ2) is 7.04. The molecule has 0 saturated carbocycles. The van der Waals surface area contributed by atoms with Crippen LogP contribution in [0.3, 0.4) is 0 Å². The molecule has 0 radical (unpaired) electrons. The van der Waals surface area contributed by atoms with Gasteiger partial charge in [0.2, 0.25) is 5.91 Å². The van der Waals surface area contributed by atoms with Crippen LogP contribution in [0.1, 0.15) is 33.1 Å². The molecule has 1 N–H and O–H groups in total. The van der Waals surface area contributed by atoms with E-state index in [1.165, 1.54) is 0 Å². The van der Waals surface area contributed by atoms with Gasteiger partial charge in [0.25, 0.3) is 0 Å². The standard InChI is InChI=1S/C12H21N3O/c1-3-5-11(2)12(16)14-6-4-8-15-9-7-13-10-15/h7,9-11H,3-6,8H2,1-2H3,(H,14,16). The van der Waals surface area contributed by atoms with Gasteiger partial charge < -0.3 is 9.88 Å². The van der Waals surface area contributed by atoms with Crippen molar-refractivity contribution in [3.05, 3.63) is 18.7 Å². The molecule has 0 aliphatic heterocycles. The molecular formula is C12H21N3O. The lowest BCUT2D eigenvalue weighted by molar-refractivity contribution is -0.124. The second-order valence-electron chi connectivity index (χ2n) is 4.13. The zero-order valence-electron chi connectivity index (χ0n) is 10.1. The molecule has 90 valence electrons. The average molecular weight is 223 g/mol. The van der Waals surface area contributed by atoms with Gasteiger partial charge in [0.1, 0.15) is 0 Å². The summed E-state index contributed by atoms with van der Waals surface area (Å²) < 4.78 is 2.02. The largest absolute Gasteiger partial charge is 0.356 e. The lowest BCUT2D eigenvalue weighted by atomic mass is 10.1. The van der Waals surface area contributed by atoms with Gasteiger partial charge >= 0.3 is 0 Å². The number of aromatic nitrogens is 2. The highest BCUT2D eigenvalue weighted by Gasteiger charge is 2.10. The van der Waals surface area contributed by atoms with Crippen LogP contribution in [0.2, 0.25) is 0 Å². The van der Waals surface area contributed by atoms with Crippen LogP contribution in [0.15, 0.2) is 18.7 Å². The Balaban J connectivity index is 2.08. The molecule has 1 heterocycles. The topological polar surface area (TPSA) is 46.9 Å². The average Bonchev–Trinajstić information content (AvgIpc) is 2.77. The Bertz CT molecular complexity index is 295. The van der Waals surface area contributed by atoms with Gasteiger partial charge in [0.05, 0.1) is 6.33 Å². The number of carbonyl (C=O) groups is 1. The van der Waals surface area contributed by atoms with Crippen LogP contribution in [-0.2, 0) is 11.3 Å². The number of aryl methyl sites for hydroxylation is 1. The van der Waals surface area contributed by atoms with Crippen molar-refractivity contribution in [3.63, 3.8) is 0 Å². The van der Waals surface area contributed by atoms with Gasteiger partial charge in [-0.05, 0) is 12.8 Å². The van der Waals surface area contributed by atoms with Gasteiger partial charge in [-0.1, -0.05) is 20.3 Å². The molecule has 1 aromatic rings. The Morgan fingerprint density at radius 3 is 3.00 bits per heavy atom. The summed E-state index contributed by atoms with van der Waals surface area (Å²) in [6.45, 7) is 5.73. The normalized spacial score (nSPS) is 12.4. The zero-order valence-corrected chi connectivity index (χ0v) is 10.1. The van der Waals surface area contributed by atoms with Crippen molar-refractivity contribution in [2.24, 2.45) is 5.92 Å². The monoisotopic (exact) mass is 223 g/mol. The predicted octanol–water partition coefficient (Wildman–Crippen LogP) is 1.83. The van der Waals surface area contributed by atoms with Crippen LogP contribution in [-0.4, -0.2) is 22.0 Å². The fourth-order valence-electron chi connectivity index (χ4n) is 1.63. The number of imidazole rings is 1. The van der Waals surface area contributed by atoms with Crippen LogP contribution in [0.4, 0.5) is 0 Å². The molecule has 0 aliphatic rings. The minimum atomic E-state index is 0.137. The van der Waals surface area contributed by atoms with Crippen LogP contribution < -0.4 is 5.32 Å². The Morgan fingerprint density at radius 2 is 2.38 bits per heavy atom. The van der Waals surface area contributed by atoms with E-state index in [9.17, 15) is 4.79 Å². The number of nitrogens with zero attached hydrogens (tertiary/aromatic N) is 2. The minimum Gasteiger partial charge on any atom is -0.356 e. The van der Waals surface area contributed by atoms with Crippen molar-refractivity contribution >= 4 is 5.91 Å². The van der Waals surface area contributed by atoms with Gasteiger partial charge in [-0.2, -0.15) is 0 Å². The van der Waals surface area contributed by atoms with Crippen molar-refractivity contribution < 1.29 is 4.79 Å². The van der Waals surface area contributed by atoms with E-state index in [0.717, 1.165) is 32.4 Å². The van der Waals surface area contributed by atoms with E-state index in [0.29, 0.717) is 0 Å². The zero-order chi connectivity index (χ0) is 11.8. The van der Waals surface area contributed by atoms with E-state index in [4.69, 9.17) is 0 Å². The van der Waals surface area contributed by atoms with E-state index in [1.807, 2.05) is 17.7 Å². The van der Waals surface area contributed by atoms with E-state index < -0.39 is 0 Å². The molecule has 4 heteroatoms. The molecule has 0 saturated heterocycles. The summed E-state index contributed by atoms with van der Waals surface area (Å²) in [6.07, 6.45) is 8.46. The van der Waals surface area contributed by atoms with E-state index in [-0.39, 0.29) is 11.8 Å². The van der Waals surface area contributed by atoms with Gasteiger partial charge in [-0.15, -0.1) is 0 Å². The molecule has 16 heavy (non-hydrogen) atoms. The van der Waals surface area contributed by atoms with E-state index in [1.54, 1.807) is 12.5 Å². The van der Waals surface area contributed by atoms with Gasteiger partial charge in [-0.3, -0.25) is 4.79 Å². The Labute approximate surface area is 97.1 Å². The van der Waals surface area contributed by atoms with E-state index in [2.05, 4.69) is 17.2 Å². The first-order valence-electron chi connectivity index (χ1n) is 5.97. The number of carbonyl (C=O) groups excluding carboxylic acids is 1. The van der Waals surface area contributed by atoms with Gasteiger partial charge in [-0.25, -0.2) is 4.98 Å². The second-order valence-corrected chi connectivity index (χ2v) is 4.13. The summed E-state index contributed by atoms with van der Waals surface area (Å²) in [4.78, 5) is 15.5. The lowest BCUT2D eigenvalue weighted by Gasteiger charge is -2.10. The minimum absolute atomic E-state index is 0.137. The fourth-order valence-corrected chi connectivity index (χ4v) is 1.63. The maximum atomic E-state index is 11.6. The molecule has 1 amide bonds. The van der Waals surface area contributed by atoms with Crippen molar-refractivity contribution in [3.8, 4) is 0 Å². The van der Waals surface area contributed by atoms with Crippen molar-refractivity contribution in [1.29, 1.82) is 0 Å². The molecule has 0 spiro atoms. The summed E-state index contributed by atoms with van der Waals surface area (Å²) in [5.41, 5.74) is 0. The lowest BCUT2D eigenvalue weighted by Crippen LogP contribution is -2.30. The summed E-state index contributed by atoms with van der Waals surface area (Å²) in [6, 6.07) is 0. The van der Waals surface area contributed by atoms with Crippen LogP contribution >= 0.6 is 0 Å². The summed E-state index contributed by atoms with van der Waals surface area (Å²) in [5.74, 6) is 0.311. The fraction of sp³-hybridized carbons (Fsp3) is 0.667. The summed E-state index contributed by atoms with van der Waals surface area (Å²) in [5, 5.41) is 2.96. The van der Waals surface area contributed by atoms with Crippen molar-refractivity contribution in [2.75, 3.05) is 6.54 Å². The third-order valence-electron chi connectivity index (χ3n) is 2.62. The highest BCUT2D eigenvalue weighted by molar-refractivity contribution is 5.78. The summed E-state index contributed by atoms with van der Waals surface area (Å²) in [7, 11) is 0. The Hall–Kier alpha value is -1.32. The van der Waals surface area contributed by atoms with Crippen LogP contribution in [0.25, 0.3) is 0 Å². The highest BCUT2D eigenvalue weighted by atomic mass is 16.1. The first-order chi connectivity index (χ1) is 7.74. The quantitative estimate of drug-likeness (QED) is 0.717. The third-order valence-corrected chi connectivity index (χ3v) is 2.62. The Kier molecular flexibility index (Phi) is 5.61. The van der Waals surface area contributed by atoms with E-state index >= 15 is 0 Å². The molecular weight excluding hydrogens is 202 g/mol. The van der Waals surface area contributed by atoms with Gasteiger partial charge in [0.15, 0.2) is 0 Å². The first-order valence-corrected chi connectivity index (χ1v) is 5.97. The van der Waals surface area contributed by atoms with Crippen LogP contribution in [0.5, 0.6) is 0 Å². The Morgan fingerprint density at radius 1 is 1.56 bits per heavy atom. The number of hydrogen-bond acceptors (Lipinski definition) is 2. The van der Waals surface area contributed by atoms with Crippen molar-refractivity contribution in [2.45, 2.75) is 39.7 Å². The van der Waals surface area contributed by atoms with Crippen LogP contribution in [0, 0.1) is 5.92 Å². The van der Waals surface area contributed by atoms with Gasteiger partial charge in [0, 0.05) is 31.4 Å². The van der Waals surface area contributed by atoms with Crippen molar-refractivity contribution in [1.82, 2.24) is 14.9 Å². The SMILES string of the molecule is CCCC(C)C(=O)NCCCn1ccnc1. The number of rotatable bonds is 7. The smallest absolute Gasteiger partial charge is 0.222 e. The number of nitrogens with one attached hydrogen (secondary N) is 1. The number of hydrogen-bond donors (Lipinski definition) is 1. The molecule has 4 nitrogen and oxygen atoms in total. The molecule has 1 aromatic heterocycles. The number of amides is 1. The maximum Gasteiger partial charge on any atom is 0.222 e. The predicted molar refractivity (Wildman–Crippen MR) is 63.9 cm³/mol. The molecule has 1 unspecified atom stereocenters. The first kappa shape index (κ1) is 12.7. The highest BCUT2D eigenvalue weighted by Crippen LogP contribution is 2.04. The molecule has 0 bridgehead atoms. The summed E-state index contributed by atoms with van der Waals surface area (Å²) >= 11 is 0. The molecule has 0 aromatic carbocycles. The third kappa shape index (κ3) is 4.47. The molecule has 0 fully saturated rings. The molecule has 1 rings (SSSR count). The molecule has 0 aliphatic carbocycles. The maximum absolute atomic E-state index is 11.6. The molecule has 1 atom stereocenters.